The molecule has 0 radical (unpaired) electrons. The van der Waals surface area contributed by atoms with Gasteiger partial charge in [0.05, 0.1) is 5.03 Å². The average molecular weight is 197 g/mol. The molecule has 2 heteroatoms. The van der Waals surface area contributed by atoms with E-state index in [0.29, 0.717) is 5.92 Å². The first-order chi connectivity index (χ1) is 6.24. The second kappa shape index (κ2) is 6.96. The first-order valence-electron chi connectivity index (χ1n) is 4.74. The summed E-state index contributed by atoms with van der Waals surface area (Å²) < 4.78 is 0. The Morgan fingerprint density at radius 3 is 2.15 bits per heavy atom. The second-order valence-electron chi connectivity index (χ2n) is 2.79. The molecule has 0 atom stereocenters. The molecule has 1 nitrogen and oxygen atoms in total. The van der Waals surface area contributed by atoms with E-state index in [1.54, 1.807) is 11.8 Å². The van der Waals surface area contributed by atoms with E-state index in [4.69, 9.17) is 0 Å². The maximum absolute atomic E-state index is 4.28. The van der Waals surface area contributed by atoms with Crippen molar-refractivity contribution in [3.8, 4) is 0 Å². The van der Waals surface area contributed by atoms with Crippen molar-refractivity contribution in [2.75, 3.05) is 6.26 Å². The Balaban J connectivity index is 0.000000671. The molecule has 1 heterocycles. The minimum atomic E-state index is 0.582. The molecule has 1 rings (SSSR count). The molecule has 13 heavy (non-hydrogen) atoms. The summed E-state index contributed by atoms with van der Waals surface area (Å²) in [5, 5.41) is 1.09. The van der Waals surface area contributed by atoms with Gasteiger partial charge in [-0.05, 0) is 23.8 Å². The van der Waals surface area contributed by atoms with Crippen LogP contribution in [0.4, 0.5) is 0 Å². The van der Waals surface area contributed by atoms with Crippen LogP contribution in [0.2, 0.25) is 0 Å². The molecule has 0 amide bonds. The fourth-order valence-electron chi connectivity index (χ4n) is 0.854. The van der Waals surface area contributed by atoms with Gasteiger partial charge in [0.1, 0.15) is 0 Å². The second-order valence-corrected chi connectivity index (χ2v) is 3.62. The molecule has 1 aromatic heterocycles. The van der Waals surface area contributed by atoms with E-state index in [0.717, 1.165) is 5.03 Å². The molecule has 0 bridgehead atoms. The smallest absolute Gasteiger partial charge is 0.0957 e. The van der Waals surface area contributed by atoms with Crippen molar-refractivity contribution in [1.82, 2.24) is 4.98 Å². The Bertz CT molecular complexity index is 216. The standard InChI is InChI=1S/C9H13NS.C2H6/c1-7(2)8-4-5-9(11-3)10-6-8;1-2/h4-7H,1-3H3;1-2H3. The van der Waals surface area contributed by atoms with Gasteiger partial charge in [-0.1, -0.05) is 33.8 Å². The molecule has 1 aromatic rings. The van der Waals surface area contributed by atoms with Crippen LogP contribution >= 0.6 is 11.8 Å². The third kappa shape index (κ3) is 4.32. The third-order valence-electron chi connectivity index (χ3n) is 1.64. The highest BCUT2D eigenvalue weighted by Crippen LogP contribution is 2.16. The number of hydrogen-bond donors (Lipinski definition) is 0. The Labute approximate surface area is 86.0 Å². The van der Waals surface area contributed by atoms with E-state index in [9.17, 15) is 0 Å². The number of pyridine rings is 1. The average Bonchev–Trinajstić information content (AvgIpc) is 2.21. The topological polar surface area (TPSA) is 12.9 Å². The zero-order chi connectivity index (χ0) is 10.3. The van der Waals surface area contributed by atoms with Gasteiger partial charge < -0.3 is 0 Å². The maximum atomic E-state index is 4.28. The zero-order valence-electron chi connectivity index (χ0n) is 9.16. The van der Waals surface area contributed by atoms with Crippen molar-refractivity contribution in [2.45, 2.75) is 38.6 Å². The highest BCUT2D eigenvalue weighted by Gasteiger charge is 1.98. The third-order valence-corrected chi connectivity index (χ3v) is 2.29. The van der Waals surface area contributed by atoms with Crippen molar-refractivity contribution in [1.29, 1.82) is 0 Å². The molecule has 0 aliphatic rings. The predicted octanol–water partition coefficient (Wildman–Crippen LogP) is 3.95. The van der Waals surface area contributed by atoms with Gasteiger partial charge in [-0.2, -0.15) is 0 Å². The SMILES string of the molecule is CC.CSc1ccc(C(C)C)cn1. The largest absolute Gasteiger partial charge is 0.250 e. The van der Waals surface area contributed by atoms with Gasteiger partial charge in [-0.15, -0.1) is 11.8 Å². The van der Waals surface area contributed by atoms with Crippen molar-refractivity contribution < 1.29 is 0 Å². The van der Waals surface area contributed by atoms with Gasteiger partial charge in [-0.25, -0.2) is 4.98 Å². The van der Waals surface area contributed by atoms with Crippen LogP contribution in [0, 0.1) is 0 Å². The fourth-order valence-corrected chi connectivity index (χ4v) is 1.22. The Kier molecular flexibility index (Phi) is 6.69. The van der Waals surface area contributed by atoms with Crippen LogP contribution in [-0.2, 0) is 0 Å². The number of nitrogens with zero attached hydrogens (tertiary/aromatic N) is 1. The van der Waals surface area contributed by atoms with Crippen LogP contribution in [0.1, 0.15) is 39.2 Å². The first-order valence-corrected chi connectivity index (χ1v) is 5.96. The van der Waals surface area contributed by atoms with Crippen molar-refractivity contribution >= 4 is 11.8 Å². The maximum Gasteiger partial charge on any atom is 0.0957 e. The van der Waals surface area contributed by atoms with E-state index in [2.05, 4.69) is 31.0 Å². The van der Waals surface area contributed by atoms with Crippen molar-refractivity contribution in [2.24, 2.45) is 0 Å². The molecule has 0 saturated carbocycles. The van der Waals surface area contributed by atoms with E-state index < -0.39 is 0 Å². The number of thioether (sulfide) groups is 1. The monoisotopic (exact) mass is 197 g/mol. The Morgan fingerprint density at radius 2 is 1.85 bits per heavy atom. The lowest BCUT2D eigenvalue weighted by Gasteiger charge is -2.03. The van der Waals surface area contributed by atoms with Crippen LogP contribution in [0.3, 0.4) is 0 Å². The first kappa shape index (κ1) is 12.5. The summed E-state index contributed by atoms with van der Waals surface area (Å²) >= 11 is 1.68. The lowest BCUT2D eigenvalue weighted by Crippen LogP contribution is -1.88. The van der Waals surface area contributed by atoms with Gasteiger partial charge in [0, 0.05) is 6.20 Å². The molecular formula is C11H19NS. The summed E-state index contributed by atoms with van der Waals surface area (Å²) in [6, 6.07) is 4.21. The summed E-state index contributed by atoms with van der Waals surface area (Å²) in [5.41, 5.74) is 1.31. The molecule has 0 fully saturated rings. The quantitative estimate of drug-likeness (QED) is 0.666. The fraction of sp³-hybridized carbons (Fsp3) is 0.545. The lowest BCUT2D eigenvalue weighted by molar-refractivity contribution is 0.850. The van der Waals surface area contributed by atoms with Gasteiger partial charge in [0.15, 0.2) is 0 Å². The van der Waals surface area contributed by atoms with Gasteiger partial charge >= 0.3 is 0 Å². The van der Waals surface area contributed by atoms with Crippen LogP contribution in [-0.4, -0.2) is 11.2 Å². The number of rotatable bonds is 2. The van der Waals surface area contributed by atoms with Crippen LogP contribution in [0.15, 0.2) is 23.4 Å². The highest BCUT2D eigenvalue weighted by molar-refractivity contribution is 7.98. The molecule has 0 unspecified atom stereocenters. The lowest BCUT2D eigenvalue weighted by atomic mass is 10.1. The number of aromatic nitrogens is 1. The highest BCUT2D eigenvalue weighted by atomic mass is 32.2. The Hall–Kier alpha value is -0.500. The zero-order valence-corrected chi connectivity index (χ0v) is 9.98. The molecule has 74 valence electrons. The molecular weight excluding hydrogens is 178 g/mol. The van der Waals surface area contributed by atoms with Crippen molar-refractivity contribution in [3.05, 3.63) is 23.9 Å². The molecule has 0 aliphatic carbocycles. The minimum Gasteiger partial charge on any atom is -0.250 e. The van der Waals surface area contributed by atoms with E-state index in [1.807, 2.05) is 26.3 Å². The van der Waals surface area contributed by atoms with Crippen LogP contribution in [0.25, 0.3) is 0 Å². The summed E-state index contributed by atoms with van der Waals surface area (Å²) in [6.07, 6.45) is 3.99. The molecule has 0 N–H and O–H groups in total. The van der Waals surface area contributed by atoms with Crippen LogP contribution in [0.5, 0.6) is 0 Å². The predicted molar refractivity (Wildman–Crippen MR) is 61.5 cm³/mol. The summed E-state index contributed by atoms with van der Waals surface area (Å²) in [6.45, 7) is 8.35. The minimum absolute atomic E-state index is 0.582. The Morgan fingerprint density at radius 1 is 1.23 bits per heavy atom. The van der Waals surface area contributed by atoms with Crippen molar-refractivity contribution in [3.63, 3.8) is 0 Å². The van der Waals surface area contributed by atoms with Gasteiger partial charge in [-0.3, -0.25) is 0 Å². The van der Waals surface area contributed by atoms with Crippen LogP contribution < -0.4 is 0 Å². The van der Waals surface area contributed by atoms with Gasteiger partial charge in [0.25, 0.3) is 0 Å². The van der Waals surface area contributed by atoms with E-state index >= 15 is 0 Å². The van der Waals surface area contributed by atoms with Gasteiger partial charge in [0.2, 0.25) is 0 Å². The normalized spacial score (nSPS) is 9.38. The molecule has 0 aromatic carbocycles. The summed E-state index contributed by atoms with van der Waals surface area (Å²) in [5.74, 6) is 0.582. The van der Waals surface area contributed by atoms with E-state index in [-0.39, 0.29) is 0 Å². The summed E-state index contributed by atoms with van der Waals surface area (Å²) in [7, 11) is 0. The molecule has 0 saturated heterocycles. The van der Waals surface area contributed by atoms with E-state index in [1.165, 1.54) is 5.56 Å². The molecule has 0 aliphatic heterocycles. The molecule has 0 spiro atoms. The summed E-state index contributed by atoms with van der Waals surface area (Å²) in [4.78, 5) is 4.28. The number of hydrogen-bond acceptors (Lipinski definition) is 2.